The van der Waals surface area contributed by atoms with Gasteiger partial charge < -0.3 is 14.7 Å². The molecule has 0 aliphatic rings. The van der Waals surface area contributed by atoms with E-state index in [1.165, 1.54) is 0 Å². The topological polar surface area (TPSA) is 75.4 Å². The van der Waals surface area contributed by atoms with Crippen LogP contribution in [0.15, 0.2) is 40.9 Å². The van der Waals surface area contributed by atoms with Gasteiger partial charge in [0.2, 0.25) is 11.8 Å². The predicted octanol–water partition coefficient (Wildman–Crippen LogP) is 2.40. The summed E-state index contributed by atoms with van der Waals surface area (Å²) in [4.78, 5) is 26.0. The zero-order valence-corrected chi connectivity index (χ0v) is 13.4. The minimum atomic E-state index is -0.284. The van der Waals surface area contributed by atoms with Crippen LogP contribution in [0.3, 0.4) is 0 Å². The lowest BCUT2D eigenvalue weighted by atomic mass is 10.1. The third kappa shape index (κ3) is 5.25. The average Bonchev–Trinajstić information content (AvgIpc) is 2.92. The molecule has 1 N–H and O–H groups in total. The summed E-state index contributed by atoms with van der Waals surface area (Å²) in [5, 5.41) is 6.34. The Morgan fingerprint density at radius 3 is 2.61 bits per heavy atom. The fraction of sp³-hybridized carbons (Fsp3) is 0.353. The van der Waals surface area contributed by atoms with Crippen molar-refractivity contribution < 1.29 is 14.1 Å². The average molecular weight is 315 g/mol. The van der Waals surface area contributed by atoms with Crippen LogP contribution in [0.2, 0.25) is 0 Å². The van der Waals surface area contributed by atoms with E-state index in [-0.39, 0.29) is 24.8 Å². The lowest BCUT2D eigenvalue weighted by Crippen LogP contribution is -2.39. The van der Waals surface area contributed by atoms with Gasteiger partial charge in [-0.05, 0) is 18.9 Å². The fourth-order valence-corrected chi connectivity index (χ4v) is 2.23. The minimum Gasteiger partial charge on any atom is -0.360 e. The zero-order chi connectivity index (χ0) is 16.7. The van der Waals surface area contributed by atoms with Crippen molar-refractivity contribution >= 4 is 17.6 Å². The number of anilines is 1. The van der Waals surface area contributed by atoms with E-state index in [1.807, 2.05) is 37.3 Å². The van der Waals surface area contributed by atoms with Gasteiger partial charge in [0.05, 0.1) is 13.0 Å². The van der Waals surface area contributed by atoms with Crippen LogP contribution in [-0.2, 0) is 16.0 Å². The Morgan fingerprint density at radius 2 is 2.00 bits per heavy atom. The Labute approximate surface area is 135 Å². The highest BCUT2D eigenvalue weighted by Crippen LogP contribution is 2.08. The summed E-state index contributed by atoms with van der Waals surface area (Å²) in [5.41, 5.74) is 0.936. The van der Waals surface area contributed by atoms with E-state index in [4.69, 9.17) is 4.52 Å². The van der Waals surface area contributed by atoms with Gasteiger partial charge in [0, 0.05) is 12.6 Å². The summed E-state index contributed by atoms with van der Waals surface area (Å²) in [6.45, 7) is 4.26. The number of aryl methyl sites for hydroxylation is 1. The molecule has 0 aliphatic carbocycles. The third-order valence-corrected chi connectivity index (χ3v) is 3.27. The highest BCUT2D eigenvalue weighted by molar-refractivity contribution is 5.94. The van der Waals surface area contributed by atoms with Crippen molar-refractivity contribution in [3.63, 3.8) is 0 Å². The van der Waals surface area contributed by atoms with Gasteiger partial charge in [-0.15, -0.1) is 0 Å². The maximum atomic E-state index is 12.4. The van der Waals surface area contributed by atoms with Gasteiger partial charge in [0.15, 0.2) is 5.82 Å². The number of amides is 2. The maximum absolute atomic E-state index is 12.4. The van der Waals surface area contributed by atoms with Gasteiger partial charge in [-0.1, -0.05) is 42.4 Å². The molecule has 2 amide bonds. The summed E-state index contributed by atoms with van der Waals surface area (Å²) in [6, 6.07) is 11.1. The predicted molar refractivity (Wildman–Crippen MR) is 86.9 cm³/mol. The van der Waals surface area contributed by atoms with Crippen LogP contribution in [0, 0.1) is 6.92 Å². The Bertz CT molecular complexity index is 652. The first-order valence-electron chi connectivity index (χ1n) is 7.63. The summed E-state index contributed by atoms with van der Waals surface area (Å²) in [5.74, 6) is 0.628. The highest BCUT2D eigenvalue weighted by atomic mass is 16.5. The maximum Gasteiger partial charge on any atom is 0.245 e. The van der Waals surface area contributed by atoms with Gasteiger partial charge >= 0.3 is 0 Å². The number of carbonyl (C=O) groups excluding carboxylic acids is 2. The Kier molecular flexibility index (Phi) is 5.91. The molecule has 0 fully saturated rings. The van der Waals surface area contributed by atoms with Crippen LogP contribution in [0.25, 0.3) is 0 Å². The monoisotopic (exact) mass is 315 g/mol. The van der Waals surface area contributed by atoms with Crippen molar-refractivity contribution in [2.75, 3.05) is 18.4 Å². The summed E-state index contributed by atoms with van der Waals surface area (Å²) >= 11 is 0. The van der Waals surface area contributed by atoms with Crippen LogP contribution in [0.5, 0.6) is 0 Å². The Balaban J connectivity index is 1.94. The normalized spacial score (nSPS) is 10.3. The van der Waals surface area contributed by atoms with Crippen molar-refractivity contribution in [2.24, 2.45) is 0 Å². The van der Waals surface area contributed by atoms with E-state index < -0.39 is 0 Å². The van der Waals surface area contributed by atoms with E-state index >= 15 is 0 Å². The number of aromatic nitrogens is 1. The van der Waals surface area contributed by atoms with Crippen LogP contribution in [-0.4, -0.2) is 35.0 Å². The Morgan fingerprint density at radius 1 is 1.26 bits per heavy atom. The lowest BCUT2D eigenvalue weighted by molar-refractivity contribution is -0.134. The molecular formula is C17H21N3O3. The molecule has 0 bridgehead atoms. The second-order valence-corrected chi connectivity index (χ2v) is 5.35. The van der Waals surface area contributed by atoms with E-state index in [9.17, 15) is 9.59 Å². The molecule has 0 saturated carbocycles. The van der Waals surface area contributed by atoms with Crippen molar-refractivity contribution in [3.05, 3.63) is 47.7 Å². The van der Waals surface area contributed by atoms with Crippen LogP contribution >= 0.6 is 0 Å². The molecule has 0 unspecified atom stereocenters. The number of carbonyl (C=O) groups is 2. The van der Waals surface area contributed by atoms with Gasteiger partial charge in [-0.25, -0.2) is 0 Å². The second-order valence-electron chi connectivity index (χ2n) is 5.35. The highest BCUT2D eigenvalue weighted by Gasteiger charge is 2.17. The molecule has 0 radical (unpaired) electrons. The number of nitrogens with zero attached hydrogens (tertiary/aromatic N) is 2. The van der Waals surface area contributed by atoms with Crippen molar-refractivity contribution in [2.45, 2.75) is 26.7 Å². The molecule has 0 saturated heterocycles. The molecule has 1 heterocycles. The van der Waals surface area contributed by atoms with Crippen molar-refractivity contribution in [1.82, 2.24) is 10.1 Å². The van der Waals surface area contributed by atoms with E-state index in [0.29, 0.717) is 18.1 Å². The SMILES string of the molecule is CCCN(CC(=O)Nc1cc(C)on1)C(=O)Cc1ccccc1. The third-order valence-electron chi connectivity index (χ3n) is 3.27. The standard InChI is InChI=1S/C17H21N3O3/c1-3-9-20(17(22)11-14-7-5-4-6-8-14)12-16(21)18-15-10-13(2)23-19-15/h4-8,10H,3,9,11-12H2,1-2H3,(H,18,19,21). The van der Waals surface area contributed by atoms with Crippen LogP contribution in [0.4, 0.5) is 5.82 Å². The fourth-order valence-electron chi connectivity index (χ4n) is 2.23. The summed E-state index contributed by atoms with van der Waals surface area (Å²) in [7, 11) is 0. The first kappa shape index (κ1) is 16.7. The van der Waals surface area contributed by atoms with Crippen molar-refractivity contribution in [1.29, 1.82) is 0 Å². The van der Waals surface area contributed by atoms with Crippen molar-refractivity contribution in [3.8, 4) is 0 Å². The first-order chi connectivity index (χ1) is 11.1. The molecule has 0 atom stereocenters. The minimum absolute atomic E-state index is 0.00537. The molecule has 0 spiro atoms. The molecule has 2 rings (SSSR count). The smallest absolute Gasteiger partial charge is 0.245 e. The number of rotatable bonds is 7. The molecule has 2 aromatic rings. The number of nitrogens with one attached hydrogen (secondary N) is 1. The van der Waals surface area contributed by atoms with E-state index in [1.54, 1.807) is 17.9 Å². The molecule has 1 aromatic heterocycles. The molecule has 23 heavy (non-hydrogen) atoms. The molecular weight excluding hydrogens is 294 g/mol. The second kappa shape index (κ2) is 8.12. The molecule has 6 heteroatoms. The van der Waals surface area contributed by atoms with Gasteiger partial charge in [0.1, 0.15) is 5.76 Å². The largest absolute Gasteiger partial charge is 0.360 e. The van der Waals surface area contributed by atoms with Crippen LogP contribution in [0.1, 0.15) is 24.7 Å². The summed E-state index contributed by atoms with van der Waals surface area (Å²) < 4.78 is 4.90. The molecule has 6 nitrogen and oxygen atoms in total. The van der Waals surface area contributed by atoms with E-state index in [2.05, 4.69) is 10.5 Å². The van der Waals surface area contributed by atoms with Crippen LogP contribution < -0.4 is 5.32 Å². The zero-order valence-electron chi connectivity index (χ0n) is 13.4. The first-order valence-corrected chi connectivity index (χ1v) is 7.63. The number of hydrogen-bond acceptors (Lipinski definition) is 4. The Hall–Kier alpha value is -2.63. The lowest BCUT2D eigenvalue weighted by Gasteiger charge is -2.21. The van der Waals surface area contributed by atoms with Gasteiger partial charge in [-0.3, -0.25) is 9.59 Å². The van der Waals surface area contributed by atoms with Gasteiger partial charge in [0.25, 0.3) is 0 Å². The quantitative estimate of drug-likeness (QED) is 0.851. The number of hydrogen-bond donors (Lipinski definition) is 1. The molecule has 0 aliphatic heterocycles. The van der Waals surface area contributed by atoms with E-state index in [0.717, 1.165) is 12.0 Å². The van der Waals surface area contributed by atoms with Gasteiger partial charge in [-0.2, -0.15) is 0 Å². The molecule has 1 aromatic carbocycles. The summed E-state index contributed by atoms with van der Waals surface area (Å²) in [6.07, 6.45) is 1.08. The molecule has 122 valence electrons. The number of benzene rings is 1.